The van der Waals surface area contributed by atoms with Gasteiger partial charge in [0.2, 0.25) is 0 Å². The highest BCUT2D eigenvalue weighted by Crippen LogP contribution is 2.36. The number of thiol groups is 1. The van der Waals surface area contributed by atoms with E-state index in [0.717, 1.165) is 20.4 Å². The Balaban J connectivity index is 2.59. The minimum Gasteiger partial charge on any atom is -0.143 e. The van der Waals surface area contributed by atoms with Crippen LogP contribution in [-0.4, -0.2) is 0 Å². The molecule has 0 aliphatic rings. The van der Waals surface area contributed by atoms with E-state index in [4.69, 9.17) is 11.6 Å². The van der Waals surface area contributed by atoms with Crippen molar-refractivity contribution in [3.05, 3.63) is 40.7 Å². The summed E-state index contributed by atoms with van der Waals surface area (Å²) < 4.78 is 0. The maximum Gasteiger partial charge on any atom is 0.0592 e. The molecule has 0 amide bonds. The van der Waals surface area contributed by atoms with E-state index in [1.54, 1.807) is 11.3 Å². The number of halogens is 1. The fourth-order valence-electron chi connectivity index (χ4n) is 1.15. The zero-order valence-electron chi connectivity index (χ0n) is 6.70. The molecule has 1 aromatic carbocycles. The van der Waals surface area contributed by atoms with E-state index in [-0.39, 0.29) is 0 Å². The molecule has 66 valence electrons. The van der Waals surface area contributed by atoms with Crippen molar-refractivity contribution >= 4 is 35.6 Å². The number of hydrogen-bond donors (Lipinski definition) is 1. The maximum atomic E-state index is 6.02. The van der Waals surface area contributed by atoms with Crippen LogP contribution < -0.4 is 0 Å². The highest BCUT2D eigenvalue weighted by Gasteiger charge is 2.06. The molecular weight excluding hydrogens is 220 g/mol. The summed E-state index contributed by atoms with van der Waals surface area (Å²) in [4.78, 5) is 2.05. The second kappa shape index (κ2) is 3.74. The third-order valence-corrected chi connectivity index (χ3v) is 3.53. The summed E-state index contributed by atoms with van der Waals surface area (Å²) in [6, 6.07) is 9.86. The Kier molecular flexibility index (Phi) is 2.63. The Morgan fingerprint density at radius 2 is 1.92 bits per heavy atom. The Labute approximate surface area is 91.6 Å². The molecule has 0 saturated heterocycles. The highest BCUT2D eigenvalue weighted by atomic mass is 35.5. The molecule has 0 spiro atoms. The van der Waals surface area contributed by atoms with Crippen molar-refractivity contribution in [3.63, 3.8) is 0 Å². The van der Waals surface area contributed by atoms with E-state index in [1.165, 1.54) is 0 Å². The predicted molar refractivity (Wildman–Crippen MR) is 62.0 cm³/mol. The Bertz CT molecular complexity index is 420. The molecule has 0 fully saturated rings. The topological polar surface area (TPSA) is 0 Å². The first kappa shape index (κ1) is 9.13. The monoisotopic (exact) mass is 226 g/mol. The van der Waals surface area contributed by atoms with Crippen LogP contribution in [0.1, 0.15) is 0 Å². The van der Waals surface area contributed by atoms with Crippen LogP contribution in [0.15, 0.2) is 40.6 Å². The second-order valence-corrected chi connectivity index (χ2v) is 4.42. The van der Waals surface area contributed by atoms with Gasteiger partial charge in [-0.3, -0.25) is 0 Å². The molecule has 3 heteroatoms. The first-order valence-corrected chi connectivity index (χ1v) is 5.51. The highest BCUT2D eigenvalue weighted by molar-refractivity contribution is 7.80. The molecule has 0 nitrogen and oxygen atoms in total. The Morgan fingerprint density at radius 3 is 2.54 bits per heavy atom. The van der Waals surface area contributed by atoms with Crippen LogP contribution in [-0.2, 0) is 0 Å². The van der Waals surface area contributed by atoms with Gasteiger partial charge in [0, 0.05) is 10.5 Å². The van der Waals surface area contributed by atoms with Crippen LogP contribution in [0.4, 0.5) is 0 Å². The average molecular weight is 227 g/mol. The van der Waals surface area contributed by atoms with Crippen molar-refractivity contribution < 1.29 is 0 Å². The molecule has 0 saturated carbocycles. The Morgan fingerprint density at radius 1 is 1.15 bits per heavy atom. The smallest absolute Gasteiger partial charge is 0.0592 e. The molecule has 2 rings (SSSR count). The van der Waals surface area contributed by atoms with Gasteiger partial charge in [0.1, 0.15) is 0 Å². The summed E-state index contributed by atoms with van der Waals surface area (Å²) in [5.41, 5.74) is 1.10. The Hall–Kier alpha value is -0.440. The molecule has 0 N–H and O–H groups in total. The lowest BCUT2D eigenvalue weighted by molar-refractivity contribution is 1.48. The summed E-state index contributed by atoms with van der Waals surface area (Å²) in [5.74, 6) is 0. The molecule has 0 atom stereocenters. The van der Waals surface area contributed by atoms with Gasteiger partial charge in [-0.25, -0.2) is 0 Å². The molecule has 0 aliphatic carbocycles. The van der Waals surface area contributed by atoms with E-state index >= 15 is 0 Å². The molecule has 0 aliphatic heterocycles. The lowest BCUT2D eigenvalue weighted by atomic mass is 10.2. The van der Waals surface area contributed by atoms with Crippen LogP contribution in [0, 0.1) is 0 Å². The van der Waals surface area contributed by atoms with Gasteiger partial charge >= 0.3 is 0 Å². The van der Waals surface area contributed by atoms with Crippen LogP contribution >= 0.6 is 35.6 Å². The fraction of sp³-hybridized carbons (Fsp3) is 0. The lowest BCUT2D eigenvalue weighted by Gasteiger charge is -2.01. The van der Waals surface area contributed by atoms with Crippen molar-refractivity contribution in [1.82, 2.24) is 0 Å². The number of benzene rings is 1. The summed E-state index contributed by atoms with van der Waals surface area (Å²) in [6.07, 6.45) is 0. The van der Waals surface area contributed by atoms with Crippen LogP contribution in [0.2, 0.25) is 5.02 Å². The molecule has 0 bridgehead atoms. The standard InChI is InChI=1S/C10H7ClS2/c11-8-5-6-13-10(8)7-3-1-2-4-9(7)12/h1-6,12H. The van der Waals surface area contributed by atoms with Gasteiger partial charge in [-0.15, -0.1) is 24.0 Å². The van der Waals surface area contributed by atoms with E-state index in [1.807, 2.05) is 35.7 Å². The third kappa shape index (κ3) is 1.75. The van der Waals surface area contributed by atoms with Gasteiger partial charge < -0.3 is 0 Å². The van der Waals surface area contributed by atoms with Gasteiger partial charge in [0.05, 0.1) is 9.90 Å². The molecule has 0 radical (unpaired) electrons. The van der Waals surface area contributed by atoms with Gasteiger partial charge in [0.15, 0.2) is 0 Å². The number of thiophene rings is 1. The lowest BCUT2D eigenvalue weighted by Crippen LogP contribution is -1.75. The van der Waals surface area contributed by atoms with Gasteiger partial charge in [0.25, 0.3) is 0 Å². The predicted octanol–water partition coefficient (Wildman–Crippen LogP) is 4.36. The number of rotatable bonds is 1. The molecule has 1 aromatic heterocycles. The molecule has 2 aromatic rings. The van der Waals surface area contributed by atoms with Crippen molar-refractivity contribution in [1.29, 1.82) is 0 Å². The average Bonchev–Trinajstić information content (AvgIpc) is 2.52. The van der Waals surface area contributed by atoms with Crippen molar-refractivity contribution in [2.24, 2.45) is 0 Å². The van der Waals surface area contributed by atoms with Gasteiger partial charge in [-0.05, 0) is 17.5 Å². The van der Waals surface area contributed by atoms with Gasteiger partial charge in [-0.1, -0.05) is 29.8 Å². The quantitative estimate of drug-likeness (QED) is 0.687. The van der Waals surface area contributed by atoms with Crippen molar-refractivity contribution in [2.75, 3.05) is 0 Å². The largest absolute Gasteiger partial charge is 0.143 e. The summed E-state index contributed by atoms with van der Waals surface area (Å²) in [5, 5.41) is 2.78. The number of hydrogen-bond acceptors (Lipinski definition) is 2. The van der Waals surface area contributed by atoms with E-state index in [9.17, 15) is 0 Å². The van der Waals surface area contributed by atoms with Crippen molar-refractivity contribution in [2.45, 2.75) is 4.90 Å². The summed E-state index contributed by atoms with van der Waals surface area (Å²) in [7, 11) is 0. The fourth-order valence-corrected chi connectivity index (χ4v) is 2.70. The van der Waals surface area contributed by atoms with Gasteiger partial charge in [-0.2, -0.15) is 0 Å². The summed E-state index contributed by atoms with van der Waals surface area (Å²) in [6.45, 7) is 0. The zero-order valence-corrected chi connectivity index (χ0v) is 9.16. The molecule has 0 unspecified atom stereocenters. The summed E-state index contributed by atoms with van der Waals surface area (Å²) >= 11 is 12.0. The van der Waals surface area contributed by atoms with E-state index in [2.05, 4.69) is 12.6 Å². The minimum absolute atomic E-state index is 0.798. The van der Waals surface area contributed by atoms with Crippen LogP contribution in [0.5, 0.6) is 0 Å². The maximum absolute atomic E-state index is 6.02. The zero-order chi connectivity index (χ0) is 9.26. The second-order valence-electron chi connectivity index (χ2n) is 2.61. The molecule has 1 heterocycles. The van der Waals surface area contributed by atoms with E-state index in [0.29, 0.717) is 0 Å². The van der Waals surface area contributed by atoms with Crippen LogP contribution in [0.25, 0.3) is 10.4 Å². The first-order chi connectivity index (χ1) is 6.29. The van der Waals surface area contributed by atoms with Crippen LogP contribution in [0.3, 0.4) is 0 Å². The third-order valence-electron chi connectivity index (χ3n) is 1.77. The van der Waals surface area contributed by atoms with Crippen molar-refractivity contribution in [3.8, 4) is 10.4 Å². The normalized spacial score (nSPS) is 10.3. The first-order valence-electron chi connectivity index (χ1n) is 3.80. The molecular formula is C10H7ClS2. The SMILES string of the molecule is Sc1ccccc1-c1sccc1Cl. The minimum atomic E-state index is 0.798. The van der Waals surface area contributed by atoms with E-state index < -0.39 is 0 Å². The molecule has 13 heavy (non-hydrogen) atoms.